The zero-order chi connectivity index (χ0) is 12.4. The summed E-state index contributed by atoms with van der Waals surface area (Å²) in [6.45, 7) is 8.55. The summed E-state index contributed by atoms with van der Waals surface area (Å²) in [5, 5.41) is 0. The number of esters is 1. The van der Waals surface area contributed by atoms with E-state index in [1.807, 2.05) is 39.0 Å². The largest absolute Gasteiger partial charge is 0.462 e. The molecule has 2 nitrogen and oxygen atoms in total. The standard InChI is InChI=1S/C12H16O2.C2H6/c1-3-4-8-14-12(13)11-7-5-6-10(2)9-11;1-2/h5-7,9H,3-4,8H2,1-2H3;1-2H3. The highest BCUT2D eigenvalue weighted by Crippen LogP contribution is 2.05. The molecule has 90 valence electrons. The van der Waals surface area contributed by atoms with Crippen molar-refractivity contribution in [3.8, 4) is 0 Å². The van der Waals surface area contributed by atoms with E-state index in [0.717, 1.165) is 18.4 Å². The summed E-state index contributed by atoms with van der Waals surface area (Å²) in [4.78, 5) is 11.4. The Morgan fingerprint density at radius 3 is 2.56 bits per heavy atom. The van der Waals surface area contributed by atoms with Crippen LogP contribution in [0.3, 0.4) is 0 Å². The van der Waals surface area contributed by atoms with Gasteiger partial charge in [0.15, 0.2) is 0 Å². The highest BCUT2D eigenvalue weighted by molar-refractivity contribution is 5.89. The van der Waals surface area contributed by atoms with Gasteiger partial charge in [-0.25, -0.2) is 4.79 Å². The van der Waals surface area contributed by atoms with Gasteiger partial charge in [0.2, 0.25) is 0 Å². The van der Waals surface area contributed by atoms with Crippen LogP contribution in [0.25, 0.3) is 0 Å². The molecule has 16 heavy (non-hydrogen) atoms. The Labute approximate surface area is 98.6 Å². The van der Waals surface area contributed by atoms with Crippen LogP contribution < -0.4 is 0 Å². The fraction of sp³-hybridized carbons (Fsp3) is 0.500. The summed E-state index contributed by atoms with van der Waals surface area (Å²) in [6, 6.07) is 7.45. The van der Waals surface area contributed by atoms with Gasteiger partial charge in [-0.2, -0.15) is 0 Å². The SMILES string of the molecule is CC.CCCCOC(=O)c1cccc(C)c1. The number of hydrogen-bond donors (Lipinski definition) is 0. The number of unbranched alkanes of at least 4 members (excludes halogenated alkanes) is 1. The molecule has 0 aromatic heterocycles. The van der Waals surface area contributed by atoms with Gasteiger partial charge in [-0.15, -0.1) is 0 Å². The van der Waals surface area contributed by atoms with E-state index in [2.05, 4.69) is 6.92 Å². The molecule has 0 aliphatic carbocycles. The van der Waals surface area contributed by atoms with Crippen molar-refractivity contribution in [2.45, 2.75) is 40.5 Å². The lowest BCUT2D eigenvalue weighted by Crippen LogP contribution is -2.06. The zero-order valence-corrected chi connectivity index (χ0v) is 10.7. The van der Waals surface area contributed by atoms with Crippen molar-refractivity contribution in [3.63, 3.8) is 0 Å². The molecule has 2 heteroatoms. The Kier molecular flexibility index (Phi) is 8.22. The van der Waals surface area contributed by atoms with Crippen LogP contribution in [0.2, 0.25) is 0 Å². The van der Waals surface area contributed by atoms with E-state index in [1.54, 1.807) is 6.07 Å². The minimum absolute atomic E-state index is 0.220. The fourth-order valence-electron chi connectivity index (χ4n) is 1.16. The quantitative estimate of drug-likeness (QED) is 0.569. The smallest absolute Gasteiger partial charge is 0.338 e. The van der Waals surface area contributed by atoms with Crippen LogP contribution >= 0.6 is 0 Å². The normalized spacial score (nSPS) is 9.00. The predicted molar refractivity (Wildman–Crippen MR) is 67.7 cm³/mol. The maximum absolute atomic E-state index is 11.4. The van der Waals surface area contributed by atoms with Crippen LogP contribution in [0, 0.1) is 6.92 Å². The zero-order valence-electron chi connectivity index (χ0n) is 10.7. The molecule has 0 saturated carbocycles. The maximum Gasteiger partial charge on any atom is 0.338 e. The molecule has 0 amide bonds. The summed E-state index contributed by atoms with van der Waals surface area (Å²) in [6.07, 6.45) is 1.97. The second-order valence-electron chi connectivity index (χ2n) is 3.36. The number of rotatable bonds is 4. The molecular weight excluding hydrogens is 200 g/mol. The molecule has 0 N–H and O–H groups in total. The second kappa shape index (κ2) is 8.96. The van der Waals surface area contributed by atoms with Gasteiger partial charge >= 0.3 is 5.97 Å². The number of carbonyl (C=O) groups excluding carboxylic acids is 1. The first-order valence-electron chi connectivity index (χ1n) is 5.98. The summed E-state index contributed by atoms with van der Waals surface area (Å²) in [7, 11) is 0. The Morgan fingerprint density at radius 1 is 1.31 bits per heavy atom. The number of aryl methyl sites for hydroxylation is 1. The molecule has 0 heterocycles. The molecule has 0 aliphatic heterocycles. The maximum atomic E-state index is 11.4. The van der Waals surface area contributed by atoms with Gasteiger partial charge in [0.25, 0.3) is 0 Å². The van der Waals surface area contributed by atoms with Gasteiger partial charge in [0, 0.05) is 0 Å². The van der Waals surface area contributed by atoms with Crippen molar-refractivity contribution in [1.29, 1.82) is 0 Å². The van der Waals surface area contributed by atoms with Gasteiger partial charge in [0.1, 0.15) is 0 Å². The number of benzene rings is 1. The van der Waals surface area contributed by atoms with Crippen LogP contribution in [0.4, 0.5) is 0 Å². The number of hydrogen-bond acceptors (Lipinski definition) is 2. The average molecular weight is 222 g/mol. The monoisotopic (exact) mass is 222 g/mol. The minimum atomic E-state index is -0.220. The third kappa shape index (κ3) is 5.54. The highest BCUT2D eigenvalue weighted by Gasteiger charge is 2.05. The van der Waals surface area contributed by atoms with Gasteiger partial charge in [-0.1, -0.05) is 44.9 Å². The molecule has 1 aromatic rings. The van der Waals surface area contributed by atoms with E-state index in [0.29, 0.717) is 12.2 Å². The first-order valence-corrected chi connectivity index (χ1v) is 5.98. The van der Waals surface area contributed by atoms with Crippen molar-refractivity contribution < 1.29 is 9.53 Å². The molecular formula is C14H22O2. The molecule has 1 aromatic carbocycles. The van der Waals surface area contributed by atoms with Crippen molar-refractivity contribution in [2.75, 3.05) is 6.61 Å². The lowest BCUT2D eigenvalue weighted by molar-refractivity contribution is 0.0499. The van der Waals surface area contributed by atoms with Gasteiger partial charge in [0.05, 0.1) is 12.2 Å². The van der Waals surface area contributed by atoms with Crippen LogP contribution in [0.1, 0.15) is 49.5 Å². The first-order chi connectivity index (χ1) is 7.74. The third-order valence-electron chi connectivity index (χ3n) is 1.98. The molecule has 0 atom stereocenters. The van der Waals surface area contributed by atoms with Gasteiger partial charge < -0.3 is 4.74 Å². The summed E-state index contributed by atoms with van der Waals surface area (Å²) < 4.78 is 5.08. The molecule has 0 spiro atoms. The van der Waals surface area contributed by atoms with Crippen LogP contribution in [-0.4, -0.2) is 12.6 Å². The summed E-state index contributed by atoms with van der Waals surface area (Å²) in [5.41, 5.74) is 1.72. The van der Waals surface area contributed by atoms with Crippen LogP contribution in [0.15, 0.2) is 24.3 Å². The van der Waals surface area contributed by atoms with Crippen molar-refractivity contribution >= 4 is 5.97 Å². The average Bonchev–Trinajstić information content (AvgIpc) is 2.32. The van der Waals surface area contributed by atoms with Crippen molar-refractivity contribution in [1.82, 2.24) is 0 Å². The third-order valence-corrected chi connectivity index (χ3v) is 1.98. The van der Waals surface area contributed by atoms with Gasteiger partial charge in [-0.3, -0.25) is 0 Å². The van der Waals surface area contributed by atoms with Crippen molar-refractivity contribution in [3.05, 3.63) is 35.4 Å². The Balaban J connectivity index is 0.00000106. The van der Waals surface area contributed by atoms with E-state index in [1.165, 1.54) is 0 Å². The minimum Gasteiger partial charge on any atom is -0.462 e. The van der Waals surface area contributed by atoms with E-state index in [4.69, 9.17) is 4.74 Å². The molecule has 0 radical (unpaired) electrons. The Bertz CT molecular complexity index is 305. The number of ether oxygens (including phenoxy) is 1. The molecule has 0 aliphatic rings. The predicted octanol–water partition coefficient (Wildman–Crippen LogP) is 3.98. The van der Waals surface area contributed by atoms with Crippen molar-refractivity contribution in [2.24, 2.45) is 0 Å². The van der Waals surface area contributed by atoms with E-state index < -0.39 is 0 Å². The first kappa shape index (κ1) is 14.7. The summed E-state index contributed by atoms with van der Waals surface area (Å²) in [5.74, 6) is -0.220. The van der Waals surface area contributed by atoms with Gasteiger partial charge in [-0.05, 0) is 25.5 Å². The molecule has 0 fully saturated rings. The highest BCUT2D eigenvalue weighted by atomic mass is 16.5. The molecule has 0 saturated heterocycles. The Morgan fingerprint density at radius 2 is 2.00 bits per heavy atom. The molecule has 0 unspecified atom stereocenters. The Hall–Kier alpha value is -1.31. The second-order valence-corrected chi connectivity index (χ2v) is 3.36. The lowest BCUT2D eigenvalue weighted by Gasteiger charge is -2.03. The van der Waals surface area contributed by atoms with E-state index in [9.17, 15) is 4.79 Å². The van der Waals surface area contributed by atoms with E-state index >= 15 is 0 Å². The number of carbonyl (C=O) groups is 1. The van der Waals surface area contributed by atoms with E-state index in [-0.39, 0.29) is 5.97 Å². The van der Waals surface area contributed by atoms with Crippen LogP contribution in [0.5, 0.6) is 0 Å². The molecule has 1 rings (SSSR count). The van der Waals surface area contributed by atoms with Crippen LogP contribution in [-0.2, 0) is 4.74 Å². The fourth-order valence-corrected chi connectivity index (χ4v) is 1.16. The summed E-state index contributed by atoms with van der Waals surface area (Å²) >= 11 is 0. The lowest BCUT2D eigenvalue weighted by atomic mass is 10.1. The molecule has 0 bridgehead atoms. The topological polar surface area (TPSA) is 26.3 Å².